The van der Waals surface area contributed by atoms with Gasteiger partial charge in [0.1, 0.15) is 11.6 Å². The average Bonchev–Trinajstić information content (AvgIpc) is 2.77. The van der Waals surface area contributed by atoms with Crippen molar-refractivity contribution in [3.8, 4) is 0 Å². The van der Waals surface area contributed by atoms with Crippen molar-refractivity contribution >= 4 is 5.91 Å². The molecule has 0 spiro atoms. The summed E-state index contributed by atoms with van der Waals surface area (Å²) in [6.07, 6.45) is -0.275. The van der Waals surface area contributed by atoms with Crippen molar-refractivity contribution in [2.45, 2.75) is 31.4 Å². The molecule has 0 aliphatic carbocycles. The molecule has 2 aliphatic heterocycles. The van der Waals surface area contributed by atoms with Gasteiger partial charge in [-0.25, -0.2) is 17.6 Å². The molecule has 1 saturated heterocycles. The largest absolute Gasteiger partial charge is 0.337 e. The van der Waals surface area contributed by atoms with Crippen LogP contribution in [0.25, 0.3) is 0 Å². The molecule has 1 N–H and O–H groups in total. The Balaban J connectivity index is 1.76. The minimum absolute atomic E-state index is 0.0482. The molecule has 0 aromatic heterocycles. The molecule has 21 heavy (non-hydrogen) atoms. The third-order valence-electron chi connectivity index (χ3n) is 3.97. The van der Waals surface area contributed by atoms with Gasteiger partial charge in [-0.15, -0.1) is 0 Å². The van der Waals surface area contributed by atoms with Crippen LogP contribution in [0.15, 0.2) is 12.1 Å². The lowest BCUT2D eigenvalue weighted by molar-refractivity contribution is -0.134. The van der Waals surface area contributed by atoms with E-state index >= 15 is 0 Å². The highest BCUT2D eigenvalue weighted by Gasteiger charge is 2.43. The quantitative estimate of drug-likeness (QED) is 0.803. The molecular formula is C14H14F4N2O. The van der Waals surface area contributed by atoms with E-state index < -0.39 is 42.5 Å². The van der Waals surface area contributed by atoms with Gasteiger partial charge in [0.25, 0.3) is 5.92 Å². The normalized spacial score (nSPS) is 24.0. The van der Waals surface area contributed by atoms with Gasteiger partial charge in [0.2, 0.25) is 5.91 Å². The first-order valence-electron chi connectivity index (χ1n) is 6.72. The maximum atomic E-state index is 13.6. The van der Waals surface area contributed by atoms with Gasteiger partial charge in [0, 0.05) is 25.6 Å². The Kier molecular flexibility index (Phi) is 3.39. The van der Waals surface area contributed by atoms with Gasteiger partial charge in [-0.05, 0) is 23.6 Å². The van der Waals surface area contributed by atoms with Crippen molar-refractivity contribution in [1.82, 2.24) is 10.2 Å². The molecule has 1 amide bonds. The minimum Gasteiger partial charge on any atom is -0.337 e. The lowest BCUT2D eigenvalue weighted by Crippen LogP contribution is -2.45. The first-order valence-corrected chi connectivity index (χ1v) is 6.72. The molecular weight excluding hydrogens is 288 g/mol. The fraction of sp³-hybridized carbons (Fsp3) is 0.500. The van der Waals surface area contributed by atoms with Crippen LogP contribution in [0.2, 0.25) is 0 Å². The van der Waals surface area contributed by atoms with E-state index in [4.69, 9.17) is 0 Å². The SMILES string of the molecule is O=C(C1CC(F)(F)CN1)N1CCc2c(F)cc(F)cc2C1. The third kappa shape index (κ3) is 2.74. The summed E-state index contributed by atoms with van der Waals surface area (Å²) in [7, 11) is 0. The van der Waals surface area contributed by atoms with Crippen LogP contribution in [0.4, 0.5) is 17.6 Å². The van der Waals surface area contributed by atoms with Crippen LogP contribution >= 0.6 is 0 Å². The highest BCUT2D eigenvalue weighted by atomic mass is 19.3. The number of benzene rings is 1. The van der Waals surface area contributed by atoms with Crippen molar-refractivity contribution in [3.05, 3.63) is 34.9 Å². The van der Waals surface area contributed by atoms with Crippen LogP contribution in [-0.4, -0.2) is 35.9 Å². The predicted octanol–water partition coefficient (Wildman–Crippen LogP) is 1.85. The second kappa shape index (κ2) is 4.98. The first kappa shape index (κ1) is 14.3. The summed E-state index contributed by atoms with van der Waals surface area (Å²) in [4.78, 5) is 13.6. The predicted molar refractivity (Wildman–Crippen MR) is 66.8 cm³/mol. The fourth-order valence-corrected chi connectivity index (χ4v) is 2.91. The zero-order chi connectivity index (χ0) is 15.2. The average molecular weight is 302 g/mol. The molecule has 7 heteroatoms. The molecule has 2 aliphatic rings. The summed E-state index contributed by atoms with van der Waals surface area (Å²) in [6.45, 7) is -0.220. The van der Waals surface area contributed by atoms with E-state index in [9.17, 15) is 22.4 Å². The van der Waals surface area contributed by atoms with E-state index in [1.807, 2.05) is 0 Å². The van der Waals surface area contributed by atoms with Crippen molar-refractivity contribution in [3.63, 3.8) is 0 Å². The van der Waals surface area contributed by atoms with Crippen molar-refractivity contribution in [2.75, 3.05) is 13.1 Å². The summed E-state index contributed by atoms with van der Waals surface area (Å²) in [6, 6.07) is 1.07. The van der Waals surface area contributed by atoms with Crippen LogP contribution in [0.1, 0.15) is 17.5 Å². The number of carbonyl (C=O) groups is 1. The van der Waals surface area contributed by atoms with Crippen LogP contribution in [0, 0.1) is 11.6 Å². The topological polar surface area (TPSA) is 32.3 Å². The summed E-state index contributed by atoms with van der Waals surface area (Å²) in [5, 5.41) is 2.50. The Morgan fingerprint density at radius 3 is 2.76 bits per heavy atom. The molecule has 1 aromatic carbocycles. The summed E-state index contributed by atoms with van der Waals surface area (Å²) >= 11 is 0. The lowest BCUT2D eigenvalue weighted by Gasteiger charge is -2.31. The van der Waals surface area contributed by atoms with Gasteiger partial charge in [0.05, 0.1) is 12.6 Å². The molecule has 114 valence electrons. The zero-order valence-corrected chi connectivity index (χ0v) is 11.1. The van der Waals surface area contributed by atoms with Gasteiger partial charge in [0.15, 0.2) is 0 Å². The number of halogens is 4. The van der Waals surface area contributed by atoms with Gasteiger partial charge in [-0.1, -0.05) is 0 Å². The standard InChI is InChI=1S/C14H14F4N2O/c15-9-3-8-6-20(2-1-10(8)11(16)4-9)13(21)12-5-14(17,18)7-19-12/h3-4,12,19H,1-2,5-7H2. The Bertz CT molecular complexity index is 591. The van der Waals surface area contributed by atoms with Gasteiger partial charge in [-0.2, -0.15) is 0 Å². The van der Waals surface area contributed by atoms with Crippen LogP contribution < -0.4 is 5.32 Å². The Labute approximate surface area is 118 Å². The smallest absolute Gasteiger partial charge is 0.262 e. The van der Waals surface area contributed by atoms with E-state index in [0.717, 1.165) is 6.07 Å². The van der Waals surface area contributed by atoms with Crippen LogP contribution in [-0.2, 0) is 17.8 Å². The van der Waals surface area contributed by atoms with E-state index in [-0.39, 0.29) is 19.5 Å². The van der Waals surface area contributed by atoms with Crippen molar-refractivity contribution in [1.29, 1.82) is 0 Å². The lowest BCUT2D eigenvalue weighted by atomic mass is 9.98. The maximum Gasteiger partial charge on any atom is 0.262 e. The number of hydrogen-bond donors (Lipinski definition) is 1. The first-order chi connectivity index (χ1) is 9.85. The molecule has 0 radical (unpaired) electrons. The molecule has 3 rings (SSSR count). The number of alkyl halides is 2. The number of nitrogens with zero attached hydrogens (tertiary/aromatic N) is 1. The second-order valence-corrected chi connectivity index (χ2v) is 5.53. The molecule has 2 heterocycles. The minimum atomic E-state index is -2.88. The molecule has 1 atom stereocenters. The summed E-state index contributed by atoms with van der Waals surface area (Å²) < 4.78 is 53.1. The highest BCUT2D eigenvalue weighted by molar-refractivity contribution is 5.82. The number of carbonyl (C=O) groups excluding carboxylic acids is 1. The Morgan fingerprint density at radius 2 is 2.10 bits per heavy atom. The number of fused-ring (bicyclic) bond motifs is 1. The number of hydrogen-bond acceptors (Lipinski definition) is 2. The van der Waals surface area contributed by atoms with E-state index in [0.29, 0.717) is 11.1 Å². The van der Waals surface area contributed by atoms with Crippen LogP contribution in [0.5, 0.6) is 0 Å². The van der Waals surface area contributed by atoms with E-state index in [1.165, 1.54) is 11.0 Å². The molecule has 1 aromatic rings. The number of amides is 1. The molecule has 0 bridgehead atoms. The van der Waals surface area contributed by atoms with Crippen molar-refractivity contribution in [2.24, 2.45) is 0 Å². The van der Waals surface area contributed by atoms with Gasteiger partial charge in [-0.3, -0.25) is 10.1 Å². The van der Waals surface area contributed by atoms with Crippen LogP contribution in [0.3, 0.4) is 0 Å². The molecule has 0 saturated carbocycles. The van der Waals surface area contributed by atoms with Gasteiger partial charge >= 0.3 is 0 Å². The van der Waals surface area contributed by atoms with Crippen molar-refractivity contribution < 1.29 is 22.4 Å². The van der Waals surface area contributed by atoms with E-state index in [2.05, 4.69) is 5.32 Å². The Morgan fingerprint density at radius 1 is 1.33 bits per heavy atom. The zero-order valence-electron chi connectivity index (χ0n) is 11.1. The van der Waals surface area contributed by atoms with E-state index in [1.54, 1.807) is 0 Å². The summed E-state index contributed by atoms with van der Waals surface area (Å²) in [5.41, 5.74) is 0.794. The highest BCUT2D eigenvalue weighted by Crippen LogP contribution is 2.28. The summed E-state index contributed by atoms with van der Waals surface area (Å²) in [5.74, 6) is -4.65. The van der Waals surface area contributed by atoms with Gasteiger partial charge < -0.3 is 4.90 Å². The molecule has 3 nitrogen and oxygen atoms in total. The second-order valence-electron chi connectivity index (χ2n) is 5.53. The molecule has 1 unspecified atom stereocenters. The Hall–Kier alpha value is -1.63. The number of rotatable bonds is 1. The maximum absolute atomic E-state index is 13.6. The fourth-order valence-electron chi connectivity index (χ4n) is 2.91. The monoisotopic (exact) mass is 302 g/mol. The molecule has 1 fully saturated rings. The third-order valence-corrected chi connectivity index (χ3v) is 3.97. The number of nitrogens with one attached hydrogen (secondary N) is 1.